The molecule has 1 saturated heterocycles. The van der Waals surface area contributed by atoms with Crippen LogP contribution in [-0.4, -0.2) is 47.8 Å². The number of nitrogens with zero attached hydrogens (tertiary/aromatic N) is 1. The highest BCUT2D eigenvalue weighted by molar-refractivity contribution is 8.26. The topological polar surface area (TPSA) is 67.9 Å². The number of amides is 2. The Morgan fingerprint density at radius 2 is 2.00 bits per heavy atom. The molecule has 0 atom stereocenters. The van der Waals surface area contributed by atoms with Crippen LogP contribution in [0.15, 0.2) is 23.1 Å². The van der Waals surface area contributed by atoms with E-state index < -0.39 is 0 Å². The first kappa shape index (κ1) is 20.7. The van der Waals surface area contributed by atoms with E-state index in [1.165, 1.54) is 29.5 Å². The third-order valence-electron chi connectivity index (χ3n) is 4.86. The zero-order chi connectivity index (χ0) is 20.1. The third kappa shape index (κ3) is 4.86. The predicted octanol–water partition coefficient (Wildman–Crippen LogP) is 3.35. The molecular formula is C20H24N2O4S2. The normalized spacial score (nSPS) is 18.8. The molecule has 0 aromatic heterocycles. The number of rotatable bonds is 7. The van der Waals surface area contributed by atoms with Gasteiger partial charge in [0.05, 0.1) is 19.1 Å². The van der Waals surface area contributed by atoms with E-state index in [1.54, 1.807) is 32.4 Å². The summed E-state index contributed by atoms with van der Waals surface area (Å²) in [4.78, 5) is 26.9. The maximum absolute atomic E-state index is 12.7. The second-order valence-corrected chi connectivity index (χ2v) is 8.42. The van der Waals surface area contributed by atoms with Gasteiger partial charge in [0.1, 0.15) is 4.32 Å². The highest BCUT2D eigenvalue weighted by Crippen LogP contribution is 2.34. The van der Waals surface area contributed by atoms with Gasteiger partial charge in [-0.1, -0.05) is 42.9 Å². The molecule has 0 spiro atoms. The molecule has 8 heteroatoms. The van der Waals surface area contributed by atoms with Crippen molar-refractivity contribution in [2.24, 2.45) is 0 Å². The monoisotopic (exact) mass is 420 g/mol. The summed E-state index contributed by atoms with van der Waals surface area (Å²) in [6, 6.07) is 5.73. The van der Waals surface area contributed by atoms with Gasteiger partial charge in [-0.05, 0) is 36.6 Å². The number of carbonyl (C=O) groups is 2. The molecule has 2 amide bonds. The van der Waals surface area contributed by atoms with E-state index in [0.29, 0.717) is 27.3 Å². The molecule has 0 radical (unpaired) electrons. The van der Waals surface area contributed by atoms with Crippen LogP contribution in [0.4, 0.5) is 0 Å². The van der Waals surface area contributed by atoms with Gasteiger partial charge in [0, 0.05) is 19.0 Å². The maximum atomic E-state index is 12.7. The summed E-state index contributed by atoms with van der Waals surface area (Å²) in [6.07, 6.45) is 6.45. The number of benzene rings is 1. The number of thioether (sulfide) groups is 1. The van der Waals surface area contributed by atoms with Crippen molar-refractivity contribution >= 4 is 46.2 Å². The van der Waals surface area contributed by atoms with Crippen LogP contribution >= 0.6 is 24.0 Å². The van der Waals surface area contributed by atoms with Gasteiger partial charge in [-0.15, -0.1) is 0 Å². The molecule has 1 aromatic carbocycles. The Labute approximate surface area is 174 Å². The van der Waals surface area contributed by atoms with E-state index >= 15 is 0 Å². The zero-order valence-electron chi connectivity index (χ0n) is 16.0. The Morgan fingerprint density at radius 1 is 1.29 bits per heavy atom. The van der Waals surface area contributed by atoms with Crippen LogP contribution in [0.3, 0.4) is 0 Å². The summed E-state index contributed by atoms with van der Waals surface area (Å²) >= 11 is 6.60. The van der Waals surface area contributed by atoms with Crippen LogP contribution in [0, 0.1) is 0 Å². The second-order valence-electron chi connectivity index (χ2n) is 6.75. The SMILES string of the molecule is COc1ccc(/C=C2/SC(=S)N(CCC(=O)NC3CCCC3)C2=O)cc1OC. The van der Waals surface area contributed by atoms with Crippen molar-refractivity contribution in [2.75, 3.05) is 20.8 Å². The first-order valence-electron chi connectivity index (χ1n) is 9.28. The van der Waals surface area contributed by atoms with Gasteiger partial charge in [-0.3, -0.25) is 14.5 Å². The molecule has 3 rings (SSSR count). The van der Waals surface area contributed by atoms with Gasteiger partial charge in [-0.25, -0.2) is 0 Å². The van der Waals surface area contributed by atoms with Crippen molar-refractivity contribution < 1.29 is 19.1 Å². The Bertz CT molecular complexity index is 803. The Kier molecular flexibility index (Phi) is 6.96. The molecule has 6 nitrogen and oxygen atoms in total. The van der Waals surface area contributed by atoms with Crippen molar-refractivity contribution in [3.63, 3.8) is 0 Å². The summed E-state index contributed by atoms with van der Waals surface area (Å²) in [6.45, 7) is 0.298. The molecule has 1 aliphatic carbocycles. The summed E-state index contributed by atoms with van der Waals surface area (Å²) in [5.41, 5.74) is 0.817. The molecule has 1 N–H and O–H groups in total. The highest BCUT2D eigenvalue weighted by atomic mass is 32.2. The second kappa shape index (κ2) is 9.43. The van der Waals surface area contributed by atoms with Crippen molar-refractivity contribution in [3.05, 3.63) is 28.7 Å². The fourth-order valence-corrected chi connectivity index (χ4v) is 4.68. The van der Waals surface area contributed by atoms with Gasteiger partial charge in [0.2, 0.25) is 5.91 Å². The molecule has 1 aromatic rings. The lowest BCUT2D eigenvalue weighted by Crippen LogP contribution is -2.37. The minimum atomic E-state index is -0.168. The predicted molar refractivity (Wildman–Crippen MR) is 114 cm³/mol. The van der Waals surface area contributed by atoms with Crippen LogP contribution in [0.2, 0.25) is 0 Å². The summed E-state index contributed by atoms with van der Waals surface area (Å²) in [5.74, 6) is 1.03. The molecule has 1 saturated carbocycles. The molecule has 2 aliphatic rings. The van der Waals surface area contributed by atoms with E-state index in [1.807, 2.05) is 6.07 Å². The largest absolute Gasteiger partial charge is 0.493 e. The molecule has 0 bridgehead atoms. The average Bonchev–Trinajstić information content (AvgIpc) is 3.28. The van der Waals surface area contributed by atoms with E-state index in [4.69, 9.17) is 21.7 Å². The standard InChI is InChI=1S/C20H24N2O4S2/c1-25-15-8-7-13(11-16(15)26-2)12-17-19(24)22(20(27)28-17)10-9-18(23)21-14-5-3-4-6-14/h7-8,11-12,14H,3-6,9-10H2,1-2H3,(H,21,23)/b17-12+. The minimum Gasteiger partial charge on any atom is -0.493 e. The summed E-state index contributed by atoms with van der Waals surface area (Å²) < 4.78 is 11.0. The van der Waals surface area contributed by atoms with Crippen LogP contribution in [0.1, 0.15) is 37.7 Å². The number of methoxy groups -OCH3 is 2. The lowest BCUT2D eigenvalue weighted by atomic mass is 10.2. The van der Waals surface area contributed by atoms with Gasteiger partial charge in [0.15, 0.2) is 11.5 Å². The van der Waals surface area contributed by atoms with Gasteiger partial charge >= 0.3 is 0 Å². The van der Waals surface area contributed by atoms with Crippen molar-refractivity contribution in [1.82, 2.24) is 10.2 Å². The fourth-order valence-electron chi connectivity index (χ4n) is 3.37. The quantitative estimate of drug-likeness (QED) is 0.539. The molecule has 1 aliphatic heterocycles. The van der Waals surface area contributed by atoms with Crippen molar-refractivity contribution in [2.45, 2.75) is 38.1 Å². The fraction of sp³-hybridized carbons (Fsp3) is 0.450. The number of ether oxygens (including phenoxy) is 2. The Hall–Kier alpha value is -2.06. The smallest absolute Gasteiger partial charge is 0.266 e. The number of hydrogen-bond acceptors (Lipinski definition) is 6. The van der Waals surface area contributed by atoms with E-state index in [0.717, 1.165) is 18.4 Å². The first-order chi connectivity index (χ1) is 13.5. The van der Waals surface area contributed by atoms with Crippen LogP contribution in [0.5, 0.6) is 11.5 Å². The molecule has 0 unspecified atom stereocenters. The lowest BCUT2D eigenvalue weighted by molar-refractivity contribution is -0.124. The molecule has 28 heavy (non-hydrogen) atoms. The minimum absolute atomic E-state index is 0.0233. The van der Waals surface area contributed by atoms with Gasteiger partial charge in [0.25, 0.3) is 5.91 Å². The Morgan fingerprint density at radius 3 is 2.68 bits per heavy atom. The van der Waals surface area contributed by atoms with Crippen molar-refractivity contribution in [1.29, 1.82) is 0 Å². The van der Waals surface area contributed by atoms with Gasteiger partial charge < -0.3 is 14.8 Å². The molecule has 150 valence electrons. The first-order valence-corrected chi connectivity index (χ1v) is 10.5. The van der Waals surface area contributed by atoms with Crippen LogP contribution in [-0.2, 0) is 9.59 Å². The molecular weight excluding hydrogens is 396 g/mol. The van der Waals surface area contributed by atoms with E-state index in [2.05, 4.69) is 5.32 Å². The number of hydrogen-bond donors (Lipinski definition) is 1. The number of thiocarbonyl (C=S) groups is 1. The van der Waals surface area contributed by atoms with Gasteiger partial charge in [-0.2, -0.15) is 0 Å². The maximum Gasteiger partial charge on any atom is 0.266 e. The number of carbonyl (C=O) groups excluding carboxylic acids is 2. The van der Waals surface area contributed by atoms with Crippen LogP contribution < -0.4 is 14.8 Å². The van der Waals surface area contributed by atoms with Crippen molar-refractivity contribution in [3.8, 4) is 11.5 Å². The third-order valence-corrected chi connectivity index (χ3v) is 6.24. The summed E-state index contributed by atoms with van der Waals surface area (Å²) in [7, 11) is 3.14. The average molecular weight is 421 g/mol. The Balaban J connectivity index is 1.62. The summed E-state index contributed by atoms with van der Waals surface area (Å²) in [5, 5.41) is 3.04. The molecule has 2 fully saturated rings. The van der Waals surface area contributed by atoms with Crippen LogP contribution in [0.25, 0.3) is 6.08 Å². The van der Waals surface area contributed by atoms with E-state index in [9.17, 15) is 9.59 Å². The van der Waals surface area contributed by atoms with E-state index in [-0.39, 0.29) is 24.3 Å². The highest BCUT2D eigenvalue weighted by Gasteiger charge is 2.32. The number of nitrogens with one attached hydrogen (secondary N) is 1. The zero-order valence-corrected chi connectivity index (χ0v) is 17.7. The lowest BCUT2D eigenvalue weighted by Gasteiger charge is -2.16. The molecule has 1 heterocycles.